The second-order valence-corrected chi connectivity index (χ2v) is 7.51. The average Bonchev–Trinajstić information content (AvgIpc) is 3.44. The highest BCUT2D eigenvalue weighted by atomic mass is 19.2. The van der Waals surface area contributed by atoms with Gasteiger partial charge in [-0.3, -0.25) is 14.5 Å². The first-order valence-corrected chi connectivity index (χ1v) is 10.5. The lowest BCUT2D eigenvalue weighted by molar-refractivity contribution is -0.117. The minimum Gasteiger partial charge on any atom is -0.503 e. The van der Waals surface area contributed by atoms with E-state index in [-0.39, 0.29) is 17.0 Å². The molecule has 0 radical (unpaired) electrons. The van der Waals surface area contributed by atoms with Crippen LogP contribution in [0.1, 0.15) is 36.0 Å². The zero-order valence-electron chi connectivity index (χ0n) is 18.1. The summed E-state index contributed by atoms with van der Waals surface area (Å²) in [4.78, 5) is 29.4. The maximum absolute atomic E-state index is 14.0. The standard InChI is InChI=1S/C25H22F2N2O4/c1-3-28(4-2)16-9-7-15(8-10-16)22-21(23(30)20-6-5-13-33-20)24(31)25(32)29(22)17-11-12-18(26)19(27)14-17/h5-14,22,31H,3-4H2,1-2H3. The van der Waals surface area contributed by atoms with Crippen LogP contribution in [0.4, 0.5) is 20.2 Å². The Labute approximate surface area is 189 Å². The molecule has 2 aromatic carbocycles. The monoisotopic (exact) mass is 452 g/mol. The first-order chi connectivity index (χ1) is 15.9. The number of hydrogen-bond acceptors (Lipinski definition) is 5. The van der Waals surface area contributed by atoms with Crippen LogP contribution in [0, 0.1) is 11.6 Å². The lowest BCUT2D eigenvalue weighted by Crippen LogP contribution is -2.31. The number of carbonyl (C=O) groups excluding carboxylic acids is 2. The van der Waals surface area contributed by atoms with Crippen molar-refractivity contribution in [1.29, 1.82) is 0 Å². The summed E-state index contributed by atoms with van der Waals surface area (Å²) in [6, 6.07) is 12.0. The van der Waals surface area contributed by atoms with Crippen molar-refractivity contribution in [3.8, 4) is 0 Å². The Morgan fingerprint density at radius 3 is 2.33 bits per heavy atom. The maximum Gasteiger partial charge on any atom is 0.294 e. The van der Waals surface area contributed by atoms with Gasteiger partial charge in [-0.05, 0) is 55.8 Å². The third-order valence-corrected chi connectivity index (χ3v) is 5.72. The fraction of sp³-hybridized carbons (Fsp3) is 0.200. The van der Waals surface area contributed by atoms with Crippen molar-refractivity contribution in [3.63, 3.8) is 0 Å². The molecule has 0 bridgehead atoms. The number of aliphatic hydroxyl groups is 1. The molecule has 1 unspecified atom stereocenters. The number of rotatable bonds is 7. The Kier molecular flexibility index (Phi) is 6.00. The molecule has 1 aliphatic rings. The van der Waals surface area contributed by atoms with Gasteiger partial charge in [-0.25, -0.2) is 8.78 Å². The molecule has 0 fully saturated rings. The second-order valence-electron chi connectivity index (χ2n) is 7.51. The number of benzene rings is 2. The number of carbonyl (C=O) groups is 2. The number of hydrogen-bond donors (Lipinski definition) is 1. The van der Waals surface area contributed by atoms with Gasteiger partial charge in [-0.2, -0.15) is 0 Å². The van der Waals surface area contributed by atoms with Crippen LogP contribution < -0.4 is 9.80 Å². The summed E-state index contributed by atoms with van der Waals surface area (Å²) in [7, 11) is 0. The Morgan fingerprint density at radius 1 is 1.06 bits per heavy atom. The largest absolute Gasteiger partial charge is 0.503 e. The number of amides is 1. The summed E-state index contributed by atoms with van der Waals surface area (Å²) in [6.45, 7) is 5.64. The van der Waals surface area contributed by atoms with Gasteiger partial charge in [0.05, 0.1) is 17.9 Å². The van der Waals surface area contributed by atoms with Gasteiger partial charge in [0.25, 0.3) is 5.91 Å². The Balaban J connectivity index is 1.84. The van der Waals surface area contributed by atoms with Crippen LogP contribution in [-0.2, 0) is 4.79 Å². The molecule has 1 aromatic heterocycles. The third kappa shape index (κ3) is 3.88. The summed E-state index contributed by atoms with van der Waals surface area (Å²) >= 11 is 0. The SMILES string of the molecule is CCN(CC)c1ccc(C2C(C(=O)c3ccco3)=C(O)C(=O)N2c2ccc(F)c(F)c2)cc1. The summed E-state index contributed by atoms with van der Waals surface area (Å²) < 4.78 is 32.7. The van der Waals surface area contributed by atoms with Gasteiger partial charge in [-0.15, -0.1) is 0 Å². The molecule has 6 nitrogen and oxygen atoms in total. The molecular weight excluding hydrogens is 430 g/mol. The number of halogens is 2. The van der Waals surface area contributed by atoms with Crippen LogP contribution in [0.5, 0.6) is 0 Å². The number of furan rings is 1. The average molecular weight is 452 g/mol. The normalized spacial score (nSPS) is 15.9. The molecule has 0 saturated heterocycles. The van der Waals surface area contributed by atoms with Crippen molar-refractivity contribution in [2.45, 2.75) is 19.9 Å². The van der Waals surface area contributed by atoms with E-state index >= 15 is 0 Å². The number of anilines is 2. The fourth-order valence-electron chi connectivity index (χ4n) is 4.05. The highest BCUT2D eigenvalue weighted by Crippen LogP contribution is 2.42. The number of Topliss-reactive ketones (excluding diaryl/α,β-unsaturated/α-hetero) is 1. The van der Waals surface area contributed by atoms with Crippen LogP contribution in [0.25, 0.3) is 0 Å². The molecule has 170 valence electrons. The van der Waals surface area contributed by atoms with Gasteiger partial charge in [0.15, 0.2) is 23.2 Å². The molecule has 3 aromatic rings. The van der Waals surface area contributed by atoms with Gasteiger partial charge >= 0.3 is 0 Å². The van der Waals surface area contributed by atoms with E-state index in [1.165, 1.54) is 24.5 Å². The number of nitrogens with zero attached hydrogens (tertiary/aromatic N) is 2. The van der Waals surface area contributed by atoms with Crippen molar-refractivity contribution in [2.24, 2.45) is 0 Å². The van der Waals surface area contributed by atoms with Crippen molar-refractivity contribution in [2.75, 3.05) is 22.9 Å². The predicted octanol–water partition coefficient (Wildman–Crippen LogP) is 5.19. The van der Waals surface area contributed by atoms with Crippen LogP contribution in [0.3, 0.4) is 0 Å². The van der Waals surface area contributed by atoms with Crippen molar-refractivity contribution in [1.82, 2.24) is 0 Å². The molecule has 1 N–H and O–H groups in total. The highest BCUT2D eigenvalue weighted by Gasteiger charge is 2.45. The number of aliphatic hydroxyl groups excluding tert-OH is 1. The summed E-state index contributed by atoms with van der Waals surface area (Å²) in [6.07, 6.45) is 1.31. The molecule has 0 saturated carbocycles. The lowest BCUT2D eigenvalue weighted by atomic mass is 9.94. The quantitative estimate of drug-likeness (QED) is 0.500. The van der Waals surface area contributed by atoms with Crippen molar-refractivity contribution >= 4 is 23.1 Å². The van der Waals surface area contributed by atoms with E-state index in [9.17, 15) is 23.5 Å². The first kappa shape index (κ1) is 22.3. The van der Waals surface area contributed by atoms with Crippen molar-refractivity contribution in [3.05, 3.63) is 95.2 Å². The molecule has 1 amide bonds. The van der Waals surface area contributed by atoms with Crippen LogP contribution >= 0.6 is 0 Å². The van der Waals surface area contributed by atoms with Crippen LogP contribution in [0.15, 0.2) is 76.6 Å². The topological polar surface area (TPSA) is 74.0 Å². The van der Waals surface area contributed by atoms with Gasteiger partial charge in [0.1, 0.15) is 0 Å². The predicted molar refractivity (Wildman–Crippen MR) is 119 cm³/mol. The molecular formula is C25H22F2N2O4. The number of ketones is 1. The minimum absolute atomic E-state index is 0.00511. The Hall–Kier alpha value is -3.94. The van der Waals surface area contributed by atoms with E-state index in [1.807, 2.05) is 26.0 Å². The van der Waals surface area contributed by atoms with Crippen molar-refractivity contribution < 1.29 is 27.9 Å². The van der Waals surface area contributed by atoms with E-state index < -0.39 is 35.1 Å². The van der Waals surface area contributed by atoms with E-state index in [2.05, 4.69) is 4.90 Å². The molecule has 4 rings (SSSR count). The molecule has 0 aliphatic carbocycles. The zero-order chi connectivity index (χ0) is 23.7. The van der Waals surface area contributed by atoms with Gasteiger partial charge in [0, 0.05) is 30.5 Å². The third-order valence-electron chi connectivity index (χ3n) is 5.72. The first-order valence-electron chi connectivity index (χ1n) is 10.5. The lowest BCUT2D eigenvalue weighted by Gasteiger charge is -2.28. The van der Waals surface area contributed by atoms with Crippen LogP contribution in [0.2, 0.25) is 0 Å². The fourth-order valence-corrected chi connectivity index (χ4v) is 4.05. The summed E-state index contributed by atoms with van der Waals surface area (Å²) in [5, 5.41) is 10.7. The van der Waals surface area contributed by atoms with Gasteiger partial charge in [-0.1, -0.05) is 12.1 Å². The van der Waals surface area contributed by atoms with E-state index in [0.717, 1.165) is 35.8 Å². The summed E-state index contributed by atoms with van der Waals surface area (Å²) in [5.41, 5.74) is 1.27. The van der Waals surface area contributed by atoms with Gasteiger partial charge < -0.3 is 14.4 Å². The molecule has 1 aliphatic heterocycles. The molecule has 33 heavy (non-hydrogen) atoms. The summed E-state index contributed by atoms with van der Waals surface area (Å²) in [5.74, 6) is -4.61. The van der Waals surface area contributed by atoms with E-state index in [1.54, 1.807) is 12.1 Å². The minimum atomic E-state index is -1.15. The van der Waals surface area contributed by atoms with E-state index in [0.29, 0.717) is 5.56 Å². The smallest absolute Gasteiger partial charge is 0.294 e. The maximum atomic E-state index is 14.0. The van der Waals surface area contributed by atoms with E-state index in [4.69, 9.17) is 4.42 Å². The molecule has 0 spiro atoms. The van der Waals surface area contributed by atoms with Crippen LogP contribution in [-0.4, -0.2) is 29.9 Å². The molecule has 2 heterocycles. The second kappa shape index (κ2) is 8.90. The molecule has 8 heteroatoms. The van der Waals surface area contributed by atoms with Gasteiger partial charge in [0.2, 0.25) is 5.78 Å². The highest BCUT2D eigenvalue weighted by molar-refractivity contribution is 6.20. The Morgan fingerprint density at radius 2 is 1.76 bits per heavy atom. The Bertz CT molecular complexity index is 1220. The zero-order valence-corrected chi connectivity index (χ0v) is 18.1. The molecule has 1 atom stereocenters.